The van der Waals surface area contributed by atoms with Crippen LogP contribution in [0.2, 0.25) is 10.3 Å². The number of hydrogen-bond acceptors (Lipinski definition) is 3. The molecule has 0 bridgehead atoms. The molecule has 2 rings (SSSR count). The van der Waals surface area contributed by atoms with E-state index in [0.29, 0.717) is 11.1 Å². The highest BCUT2D eigenvalue weighted by Crippen LogP contribution is 2.31. The molecule has 0 spiro atoms. The molecule has 0 saturated carbocycles. The smallest absolute Gasteiger partial charge is 0.407 e. The van der Waals surface area contributed by atoms with E-state index in [-0.39, 0.29) is 23.4 Å². The minimum Gasteiger partial charge on any atom is -0.465 e. The second-order valence-corrected chi connectivity index (χ2v) is 3.59. The third kappa shape index (κ3) is 1.38. The Labute approximate surface area is 89.3 Å². The highest BCUT2D eigenvalue weighted by Gasteiger charge is 2.28. The van der Waals surface area contributed by atoms with E-state index in [2.05, 4.69) is 10.2 Å². The Bertz CT molecular complexity index is 379. The van der Waals surface area contributed by atoms with Crippen LogP contribution in [-0.4, -0.2) is 26.3 Å². The molecule has 1 N–H and O–H groups in total. The van der Waals surface area contributed by atoms with E-state index in [9.17, 15) is 4.79 Å². The van der Waals surface area contributed by atoms with Crippen LogP contribution in [0.25, 0.3) is 0 Å². The largest absolute Gasteiger partial charge is 0.465 e. The zero-order chi connectivity index (χ0) is 10.3. The number of hydrogen-bond donors (Lipinski definition) is 1. The molecule has 5 nitrogen and oxygen atoms in total. The van der Waals surface area contributed by atoms with Gasteiger partial charge in [-0.1, -0.05) is 23.2 Å². The molecule has 1 amide bonds. The van der Waals surface area contributed by atoms with Crippen LogP contribution >= 0.6 is 23.2 Å². The molecule has 0 aromatic carbocycles. The molecule has 1 aliphatic heterocycles. The van der Waals surface area contributed by atoms with Crippen LogP contribution in [0.5, 0.6) is 0 Å². The molecule has 1 aliphatic rings. The molecule has 0 saturated heterocycles. The van der Waals surface area contributed by atoms with E-state index >= 15 is 0 Å². The average molecular weight is 234 g/mol. The van der Waals surface area contributed by atoms with Crippen LogP contribution in [0.15, 0.2) is 0 Å². The average Bonchev–Trinajstić information content (AvgIpc) is 2.57. The van der Waals surface area contributed by atoms with Gasteiger partial charge in [0.1, 0.15) is 0 Å². The Morgan fingerprint density at radius 3 is 2.00 bits per heavy atom. The number of fused-ring (bicyclic) bond motifs is 1. The number of halogens is 2. The van der Waals surface area contributed by atoms with E-state index < -0.39 is 6.09 Å². The van der Waals surface area contributed by atoms with Crippen molar-refractivity contribution in [2.24, 2.45) is 0 Å². The molecule has 0 fully saturated rings. The standard InChI is InChI=1S/C7H5Cl2N3O2/c8-5-3-1-12(7(13)14)2-4(3)6(9)11-10-5/h1-2H2,(H,13,14). The third-order valence-corrected chi connectivity index (χ3v) is 2.66. The van der Waals surface area contributed by atoms with Crippen molar-refractivity contribution in [3.8, 4) is 0 Å². The molecule has 0 aliphatic carbocycles. The van der Waals surface area contributed by atoms with Gasteiger partial charge in [0.25, 0.3) is 0 Å². The number of amides is 1. The predicted octanol–water partition coefficient (Wildman–Crippen LogP) is 1.78. The van der Waals surface area contributed by atoms with Gasteiger partial charge in [0, 0.05) is 11.1 Å². The van der Waals surface area contributed by atoms with Gasteiger partial charge in [-0.15, -0.1) is 10.2 Å². The second kappa shape index (κ2) is 3.25. The number of carbonyl (C=O) groups is 1. The van der Waals surface area contributed by atoms with Crippen molar-refractivity contribution in [1.82, 2.24) is 15.1 Å². The van der Waals surface area contributed by atoms with Gasteiger partial charge in [-0.05, 0) is 0 Å². The highest BCUT2D eigenvalue weighted by atomic mass is 35.5. The van der Waals surface area contributed by atoms with Gasteiger partial charge in [0.05, 0.1) is 13.1 Å². The summed E-state index contributed by atoms with van der Waals surface area (Å²) in [6.07, 6.45) is -1.01. The number of aromatic nitrogens is 2. The molecular formula is C7H5Cl2N3O2. The van der Waals surface area contributed by atoms with E-state index in [1.165, 1.54) is 4.90 Å². The Morgan fingerprint density at radius 2 is 1.64 bits per heavy atom. The molecule has 0 unspecified atom stereocenters. The number of nitrogens with zero attached hydrogens (tertiary/aromatic N) is 3. The maximum absolute atomic E-state index is 10.7. The molecule has 14 heavy (non-hydrogen) atoms. The predicted molar refractivity (Wildman–Crippen MR) is 49.3 cm³/mol. The first kappa shape index (κ1) is 9.48. The second-order valence-electron chi connectivity index (χ2n) is 2.88. The van der Waals surface area contributed by atoms with Crippen LogP contribution in [0, 0.1) is 0 Å². The molecular weight excluding hydrogens is 229 g/mol. The lowest BCUT2D eigenvalue weighted by Crippen LogP contribution is -2.22. The summed E-state index contributed by atoms with van der Waals surface area (Å²) in [6.45, 7) is 0.442. The molecule has 74 valence electrons. The lowest BCUT2D eigenvalue weighted by molar-refractivity contribution is 0.145. The summed E-state index contributed by atoms with van der Waals surface area (Å²) < 4.78 is 0. The summed E-state index contributed by atoms with van der Waals surface area (Å²) in [7, 11) is 0. The normalized spacial score (nSPS) is 14.3. The van der Waals surface area contributed by atoms with Crippen LogP contribution in [0.1, 0.15) is 11.1 Å². The summed E-state index contributed by atoms with van der Waals surface area (Å²) >= 11 is 11.5. The van der Waals surface area contributed by atoms with Crippen molar-refractivity contribution < 1.29 is 9.90 Å². The van der Waals surface area contributed by atoms with Crippen LogP contribution in [0.3, 0.4) is 0 Å². The zero-order valence-corrected chi connectivity index (χ0v) is 8.38. The molecule has 1 aromatic heterocycles. The van der Waals surface area contributed by atoms with Crippen molar-refractivity contribution in [1.29, 1.82) is 0 Å². The minimum atomic E-state index is -1.01. The van der Waals surface area contributed by atoms with Crippen molar-refractivity contribution in [3.05, 3.63) is 21.4 Å². The fraction of sp³-hybridized carbons (Fsp3) is 0.286. The Morgan fingerprint density at radius 1 is 1.21 bits per heavy atom. The van der Waals surface area contributed by atoms with Crippen molar-refractivity contribution in [2.45, 2.75) is 13.1 Å². The van der Waals surface area contributed by atoms with Gasteiger partial charge in [0.2, 0.25) is 0 Å². The van der Waals surface area contributed by atoms with E-state index in [4.69, 9.17) is 28.3 Å². The van der Waals surface area contributed by atoms with Gasteiger partial charge >= 0.3 is 6.09 Å². The van der Waals surface area contributed by atoms with Crippen LogP contribution in [0.4, 0.5) is 4.79 Å². The highest BCUT2D eigenvalue weighted by molar-refractivity contribution is 6.32. The first-order chi connectivity index (χ1) is 6.59. The molecule has 7 heteroatoms. The molecule has 1 aromatic rings. The lowest BCUT2D eigenvalue weighted by Gasteiger charge is -2.08. The zero-order valence-electron chi connectivity index (χ0n) is 6.87. The summed E-state index contributed by atoms with van der Waals surface area (Å²) in [4.78, 5) is 11.9. The quantitative estimate of drug-likeness (QED) is 0.742. The van der Waals surface area contributed by atoms with E-state index in [0.717, 1.165) is 0 Å². The summed E-state index contributed by atoms with van der Waals surface area (Å²) in [5, 5.41) is 16.4. The first-order valence-corrected chi connectivity index (χ1v) is 4.52. The topological polar surface area (TPSA) is 66.3 Å². The van der Waals surface area contributed by atoms with Crippen molar-refractivity contribution in [3.63, 3.8) is 0 Å². The van der Waals surface area contributed by atoms with Crippen molar-refractivity contribution >= 4 is 29.3 Å². The number of carboxylic acid groups (broad SMARTS) is 1. The Balaban J connectivity index is 2.43. The van der Waals surface area contributed by atoms with E-state index in [1.54, 1.807) is 0 Å². The SMILES string of the molecule is O=C(O)N1Cc2c(Cl)nnc(Cl)c2C1. The molecule has 0 atom stereocenters. The van der Waals surface area contributed by atoms with Gasteiger partial charge in [-0.25, -0.2) is 4.79 Å². The summed E-state index contributed by atoms with van der Waals surface area (Å²) in [5.74, 6) is 0. The fourth-order valence-corrected chi connectivity index (χ4v) is 1.77. The summed E-state index contributed by atoms with van der Waals surface area (Å²) in [5.41, 5.74) is 1.29. The van der Waals surface area contributed by atoms with E-state index in [1.807, 2.05) is 0 Å². The Hall–Kier alpha value is -1.07. The third-order valence-electron chi connectivity index (χ3n) is 2.06. The maximum Gasteiger partial charge on any atom is 0.407 e. The van der Waals surface area contributed by atoms with Gasteiger partial charge in [-0.2, -0.15) is 0 Å². The maximum atomic E-state index is 10.7. The lowest BCUT2D eigenvalue weighted by atomic mass is 10.2. The number of rotatable bonds is 0. The monoisotopic (exact) mass is 233 g/mol. The van der Waals surface area contributed by atoms with Crippen LogP contribution < -0.4 is 0 Å². The van der Waals surface area contributed by atoms with Crippen molar-refractivity contribution in [2.75, 3.05) is 0 Å². The van der Waals surface area contributed by atoms with Gasteiger partial charge in [-0.3, -0.25) is 4.90 Å². The summed E-state index contributed by atoms with van der Waals surface area (Å²) in [6, 6.07) is 0. The van der Waals surface area contributed by atoms with Crippen LogP contribution in [-0.2, 0) is 13.1 Å². The van der Waals surface area contributed by atoms with Gasteiger partial charge in [0.15, 0.2) is 10.3 Å². The van der Waals surface area contributed by atoms with Gasteiger partial charge < -0.3 is 5.11 Å². The fourth-order valence-electron chi connectivity index (χ4n) is 1.35. The first-order valence-electron chi connectivity index (χ1n) is 3.77. The molecule has 2 heterocycles. The minimum absolute atomic E-state index is 0.216. The molecule has 0 radical (unpaired) electrons. The Kier molecular flexibility index (Phi) is 2.20.